The van der Waals surface area contributed by atoms with E-state index in [4.69, 9.17) is 4.98 Å². The minimum atomic E-state index is -0.282. The van der Waals surface area contributed by atoms with Crippen LogP contribution in [0.5, 0.6) is 0 Å². The number of hydrogen-bond donors (Lipinski definition) is 1. The zero-order chi connectivity index (χ0) is 19.7. The van der Waals surface area contributed by atoms with E-state index < -0.39 is 0 Å². The van der Waals surface area contributed by atoms with Crippen molar-refractivity contribution >= 4 is 44.9 Å². The Morgan fingerprint density at radius 2 is 2.00 bits per heavy atom. The first-order valence-electron chi connectivity index (χ1n) is 8.79. The molecule has 0 fully saturated rings. The third-order valence-corrected chi connectivity index (χ3v) is 6.48. The molecule has 0 aliphatic rings. The molecule has 1 amide bonds. The van der Waals surface area contributed by atoms with Crippen LogP contribution in [0.1, 0.15) is 12.5 Å². The molecule has 8 heteroatoms. The van der Waals surface area contributed by atoms with Crippen LogP contribution in [0.4, 0.5) is 5.69 Å². The third-order valence-electron chi connectivity index (χ3n) is 4.26. The topological polar surface area (TPSA) is 72.7 Å². The van der Waals surface area contributed by atoms with E-state index >= 15 is 0 Å². The number of aryl methyl sites for hydroxylation is 2. The summed E-state index contributed by atoms with van der Waals surface area (Å²) in [4.78, 5) is 17.2. The number of carbonyl (C=O) groups is 1. The van der Waals surface area contributed by atoms with Gasteiger partial charge in [-0.15, -0.1) is 21.5 Å². The van der Waals surface area contributed by atoms with E-state index in [-0.39, 0.29) is 11.2 Å². The SMILES string of the molecule is Cc1ccc2nc(-c3ccc(NC(=O)C(C)Sc4nncn4C)cc3)sc2c1. The first-order chi connectivity index (χ1) is 13.5. The Labute approximate surface area is 171 Å². The summed E-state index contributed by atoms with van der Waals surface area (Å²) >= 11 is 3.05. The summed E-state index contributed by atoms with van der Waals surface area (Å²) in [5, 5.41) is 12.2. The molecule has 0 radical (unpaired) electrons. The summed E-state index contributed by atoms with van der Waals surface area (Å²) in [5.74, 6) is -0.0730. The highest BCUT2D eigenvalue weighted by Gasteiger charge is 2.17. The Balaban J connectivity index is 1.45. The van der Waals surface area contributed by atoms with Crippen LogP contribution >= 0.6 is 23.1 Å². The average Bonchev–Trinajstić information content (AvgIpc) is 3.28. The van der Waals surface area contributed by atoms with Crippen molar-refractivity contribution in [2.45, 2.75) is 24.3 Å². The van der Waals surface area contributed by atoms with E-state index in [0.717, 1.165) is 21.8 Å². The zero-order valence-corrected chi connectivity index (χ0v) is 17.3. The van der Waals surface area contributed by atoms with Gasteiger partial charge in [0, 0.05) is 18.3 Å². The number of rotatable bonds is 5. The van der Waals surface area contributed by atoms with Gasteiger partial charge in [0.15, 0.2) is 5.16 Å². The van der Waals surface area contributed by atoms with Crippen LogP contribution in [-0.4, -0.2) is 30.9 Å². The largest absolute Gasteiger partial charge is 0.325 e. The second-order valence-corrected chi connectivity index (χ2v) is 8.88. The van der Waals surface area contributed by atoms with E-state index in [2.05, 4.69) is 40.6 Å². The van der Waals surface area contributed by atoms with E-state index in [1.54, 1.807) is 22.2 Å². The summed E-state index contributed by atoms with van der Waals surface area (Å²) in [6, 6.07) is 14.1. The van der Waals surface area contributed by atoms with Gasteiger partial charge in [-0.25, -0.2) is 4.98 Å². The number of nitrogens with one attached hydrogen (secondary N) is 1. The summed E-state index contributed by atoms with van der Waals surface area (Å²) in [6.45, 7) is 3.94. The van der Waals surface area contributed by atoms with Gasteiger partial charge in [0.05, 0.1) is 15.5 Å². The van der Waals surface area contributed by atoms with Crippen LogP contribution in [0.15, 0.2) is 53.9 Å². The van der Waals surface area contributed by atoms with Crippen LogP contribution in [0.3, 0.4) is 0 Å². The van der Waals surface area contributed by atoms with Gasteiger partial charge in [-0.05, 0) is 55.8 Å². The van der Waals surface area contributed by atoms with Crippen LogP contribution in [0, 0.1) is 6.92 Å². The number of benzene rings is 2. The fourth-order valence-electron chi connectivity index (χ4n) is 2.69. The molecule has 2 aromatic carbocycles. The van der Waals surface area contributed by atoms with Crippen molar-refractivity contribution in [3.05, 3.63) is 54.4 Å². The summed E-state index contributed by atoms with van der Waals surface area (Å²) in [7, 11) is 1.86. The molecule has 1 N–H and O–H groups in total. The van der Waals surface area contributed by atoms with Crippen LogP contribution in [-0.2, 0) is 11.8 Å². The molecular weight excluding hydrogens is 390 g/mol. The lowest BCUT2D eigenvalue weighted by Gasteiger charge is -2.11. The molecule has 0 bridgehead atoms. The van der Waals surface area contributed by atoms with E-state index in [0.29, 0.717) is 5.16 Å². The highest BCUT2D eigenvalue weighted by Crippen LogP contribution is 2.31. The second kappa shape index (κ2) is 7.73. The van der Waals surface area contributed by atoms with Crippen LogP contribution in [0.2, 0.25) is 0 Å². The molecule has 1 atom stereocenters. The number of fused-ring (bicyclic) bond motifs is 1. The van der Waals surface area contributed by atoms with Crippen molar-refractivity contribution in [3.63, 3.8) is 0 Å². The first kappa shape index (κ1) is 18.6. The van der Waals surface area contributed by atoms with Crippen molar-refractivity contribution in [1.82, 2.24) is 19.7 Å². The molecule has 1 unspecified atom stereocenters. The molecule has 142 valence electrons. The van der Waals surface area contributed by atoms with E-state index in [9.17, 15) is 4.79 Å². The summed E-state index contributed by atoms with van der Waals surface area (Å²) < 4.78 is 2.98. The van der Waals surface area contributed by atoms with Gasteiger partial charge in [-0.1, -0.05) is 17.8 Å². The maximum absolute atomic E-state index is 12.5. The minimum Gasteiger partial charge on any atom is -0.325 e. The minimum absolute atomic E-state index is 0.0730. The predicted octanol–water partition coefficient (Wildman–Crippen LogP) is 4.52. The Bertz CT molecular complexity index is 1130. The average molecular weight is 410 g/mol. The molecule has 4 aromatic rings. The van der Waals surface area contributed by atoms with Gasteiger partial charge < -0.3 is 9.88 Å². The fraction of sp³-hybridized carbons (Fsp3) is 0.200. The second-order valence-electron chi connectivity index (χ2n) is 6.54. The molecule has 6 nitrogen and oxygen atoms in total. The molecule has 28 heavy (non-hydrogen) atoms. The number of thiazole rings is 1. The van der Waals surface area contributed by atoms with Gasteiger partial charge in [0.1, 0.15) is 11.3 Å². The number of aromatic nitrogens is 4. The number of nitrogens with zero attached hydrogens (tertiary/aromatic N) is 4. The van der Waals surface area contributed by atoms with E-state index in [1.165, 1.54) is 22.0 Å². The van der Waals surface area contributed by atoms with Gasteiger partial charge in [0.25, 0.3) is 0 Å². The smallest absolute Gasteiger partial charge is 0.237 e. The zero-order valence-electron chi connectivity index (χ0n) is 15.7. The molecule has 0 saturated heterocycles. The lowest BCUT2D eigenvalue weighted by molar-refractivity contribution is -0.115. The third kappa shape index (κ3) is 3.93. The fourth-order valence-corrected chi connectivity index (χ4v) is 4.55. The van der Waals surface area contributed by atoms with Crippen LogP contribution in [0.25, 0.3) is 20.8 Å². The summed E-state index contributed by atoms with van der Waals surface area (Å²) in [6.07, 6.45) is 1.62. The van der Waals surface area contributed by atoms with Crippen molar-refractivity contribution in [2.24, 2.45) is 7.05 Å². The monoisotopic (exact) mass is 409 g/mol. The van der Waals surface area contributed by atoms with Crippen molar-refractivity contribution in [1.29, 1.82) is 0 Å². The molecular formula is C20H19N5OS2. The van der Waals surface area contributed by atoms with Gasteiger partial charge in [-0.3, -0.25) is 4.79 Å². The highest BCUT2D eigenvalue weighted by atomic mass is 32.2. The Morgan fingerprint density at radius 3 is 2.71 bits per heavy atom. The van der Waals surface area contributed by atoms with Crippen molar-refractivity contribution in [3.8, 4) is 10.6 Å². The molecule has 0 spiro atoms. The normalized spacial score (nSPS) is 12.2. The van der Waals surface area contributed by atoms with Crippen molar-refractivity contribution < 1.29 is 4.79 Å². The standard InChI is InChI=1S/C20H19N5OS2/c1-12-4-9-16-17(10-12)28-19(23-16)14-5-7-15(8-6-14)22-18(26)13(2)27-20-24-21-11-25(20)3/h4-11,13H,1-3H3,(H,22,26). The molecule has 0 saturated carbocycles. The van der Waals surface area contributed by atoms with Gasteiger partial charge >= 0.3 is 0 Å². The lowest BCUT2D eigenvalue weighted by Crippen LogP contribution is -2.22. The molecule has 0 aliphatic carbocycles. The Hall–Kier alpha value is -2.71. The Kier molecular flexibility index (Phi) is 5.15. The number of anilines is 1. The highest BCUT2D eigenvalue weighted by molar-refractivity contribution is 8.00. The molecule has 2 aromatic heterocycles. The maximum Gasteiger partial charge on any atom is 0.237 e. The van der Waals surface area contributed by atoms with Crippen molar-refractivity contribution in [2.75, 3.05) is 5.32 Å². The summed E-state index contributed by atoms with van der Waals surface area (Å²) in [5.41, 5.74) is 4.04. The number of thioether (sulfide) groups is 1. The number of amides is 1. The predicted molar refractivity (Wildman–Crippen MR) is 115 cm³/mol. The first-order valence-corrected chi connectivity index (χ1v) is 10.5. The van der Waals surface area contributed by atoms with Gasteiger partial charge in [0.2, 0.25) is 5.91 Å². The lowest BCUT2D eigenvalue weighted by atomic mass is 10.2. The molecule has 4 rings (SSSR count). The number of hydrogen-bond acceptors (Lipinski definition) is 6. The number of carbonyl (C=O) groups excluding carboxylic acids is 1. The van der Waals surface area contributed by atoms with Crippen LogP contribution < -0.4 is 5.32 Å². The Morgan fingerprint density at radius 1 is 1.21 bits per heavy atom. The van der Waals surface area contributed by atoms with Gasteiger partial charge in [-0.2, -0.15) is 0 Å². The van der Waals surface area contributed by atoms with E-state index in [1.807, 2.05) is 38.2 Å². The quantitative estimate of drug-likeness (QED) is 0.491. The maximum atomic E-state index is 12.5. The molecule has 2 heterocycles. The molecule has 0 aliphatic heterocycles.